The van der Waals surface area contributed by atoms with E-state index in [0.29, 0.717) is 16.8 Å². The lowest BCUT2D eigenvalue weighted by molar-refractivity contribution is 0.00578. The number of benzene rings is 2. The van der Waals surface area contributed by atoms with Crippen LogP contribution in [0, 0.1) is 6.92 Å². The van der Waals surface area contributed by atoms with Gasteiger partial charge in [-0.15, -0.1) is 0 Å². The number of hydrogen-bond acceptors (Lipinski definition) is 6. The quantitative estimate of drug-likeness (QED) is 0.371. The van der Waals surface area contributed by atoms with Crippen LogP contribution in [-0.4, -0.2) is 42.8 Å². The summed E-state index contributed by atoms with van der Waals surface area (Å²) < 4.78 is 46.3. The van der Waals surface area contributed by atoms with Gasteiger partial charge >= 0.3 is 7.12 Å². The first-order valence-electron chi connectivity index (χ1n) is 11.8. The van der Waals surface area contributed by atoms with Crippen LogP contribution in [-0.2, 0) is 19.3 Å². The van der Waals surface area contributed by atoms with Gasteiger partial charge in [0.1, 0.15) is 5.75 Å². The molecule has 5 rings (SSSR count). The summed E-state index contributed by atoms with van der Waals surface area (Å²) in [6.45, 7) is 9.89. The Kier molecular flexibility index (Phi) is 5.78. The van der Waals surface area contributed by atoms with Crippen LogP contribution >= 0.6 is 0 Å². The van der Waals surface area contributed by atoms with Crippen LogP contribution in [0.4, 0.5) is 0 Å². The summed E-state index contributed by atoms with van der Waals surface area (Å²) >= 11 is 0. The largest absolute Gasteiger partial charge is 0.497 e. The molecule has 1 saturated heterocycles. The summed E-state index contributed by atoms with van der Waals surface area (Å²) in [5, 5.41) is 0.683. The van der Waals surface area contributed by atoms with E-state index < -0.39 is 28.3 Å². The van der Waals surface area contributed by atoms with E-state index in [2.05, 4.69) is 4.98 Å². The molecule has 0 spiro atoms. The molecule has 0 aliphatic carbocycles. The number of rotatable bonds is 5. The van der Waals surface area contributed by atoms with Gasteiger partial charge in [0.05, 0.1) is 23.2 Å². The molecule has 2 aromatic heterocycles. The van der Waals surface area contributed by atoms with Crippen LogP contribution in [0.25, 0.3) is 22.2 Å². The third kappa shape index (κ3) is 4.01. The van der Waals surface area contributed by atoms with Gasteiger partial charge in [0, 0.05) is 28.8 Å². The summed E-state index contributed by atoms with van der Waals surface area (Å²) in [5.41, 5.74) is 2.59. The first-order valence-corrected chi connectivity index (χ1v) is 13.2. The molecule has 1 fully saturated rings. The maximum absolute atomic E-state index is 13.7. The van der Waals surface area contributed by atoms with Crippen molar-refractivity contribution in [2.75, 3.05) is 7.11 Å². The molecule has 3 heterocycles. The van der Waals surface area contributed by atoms with Crippen LogP contribution in [0.15, 0.2) is 71.9 Å². The second kappa shape index (κ2) is 8.47. The zero-order chi connectivity index (χ0) is 25.9. The van der Waals surface area contributed by atoms with Crippen molar-refractivity contribution in [3.8, 4) is 16.9 Å². The maximum atomic E-state index is 13.7. The molecular formula is C27H29BN2O5S. The molecule has 0 saturated carbocycles. The van der Waals surface area contributed by atoms with E-state index in [9.17, 15) is 8.42 Å². The first-order chi connectivity index (χ1) is 16.9. The highest BCUT2D eigenvalue weighted by Crippen LogP contribution is 2.37. The van der Waals surface area contributed by atoms with Gasteiger partial charge in [-0.2, -0.15) is 0 Å². The molecule has 9 heteroatoms. The van der Waals surface area contributed by atoms with Crippen molar-refractivity contribution in [1.82, 2.24) is 8.96 Å². The standard InChI is InChI=1S/C27H29BN2O5S/c1-18-7-13-22(14-8-18)36(31,32)30-17-24(19-9-11-21(33-6)12-10-19)23-15-20(16-29-25(23)30)28-34-26(2,3)27(4,5)35-28/h7-17H,1-6H3. The minimum Gasteiger partial charge on any atom is -0.497 e. The lowest BCUT2D eigenvalue weighted by atomic mass is 9.79. The molecule has 0 N–H and O–H groups in total. The molecule has 0 atom stereocenters. The van der Waals surface area contributed by atoms with Crippen molar-refractivity contribution in [3.05, 3.63) is 72.6 Å². The fourth-order valence-electron chi connectivity index (χ4n) is 4.21. The van der Waals surface area contributed by atoms with Gasteiger partial charge in [-0.25, -0.2) is 17.4 Å². The Labute approximate surface area is 212 Å². The van der Waals surface area contributed by atoms with E-state index in [1.54, 1.807) is 43.8 Å². The molecule has 4 aromatic rings. The molecule has 1 aliphatic heterocycles. The molecule has 0 bridgehead atoms. The summed E-state index contributed by atoms with van der Waals surface area (Å²) in [4.78, 5) is 4.81. The van der Waals surface area contributed by atoms with E-state index in [0.717, 1.165) is 22.2 Å². The van der Waals surface area contributed by atoms with E-state index in [-0.39, 0.29) is 4.90 Å². The molecule has 0 radical (unpaired) electrons. The lowest BCUT2D eigenvalue weighted by Gasteiger charge is -2.32. The van der Waals surface area contributed by atoms with Crippen LogP contribution in [0.3, 0.4) is 0 Å². The van der Waals surface area contributed by atoms with Gasteiger partial charge in [-0.05, 0) is 70.5 Å². The van der Waals surface area contributed by atoms with Crippen molar-refractivity contribution in [1.29, 1.82) is 0 Å². The fourth-order valence-corrected chi connectivity index (χ4v) is 5.54. The van der Waals surface area contributed by atoms with Gasteiger partial charge in [-0.1, -0.05) is 29.8 Å². The predicted octanol–water partition coefficient (Wildman–Crippen LogP) is 4.56. The van der Waals surface area contributed by atoms with E-state index in [1.807, 2.05) is 65.0 Å². The predicted molar refractivity (Wildman–Crippen MR) is 141 cm³/mol. The van der Waals surface area contributed by atoms with Crippen molar-refractivity contribution in [3.63, 3.8) is 0 Å². The molecule has 0 amide bonds. The smallest absolute Gasteiger partial charge is 0.496 e. The van der Waals surface area contributed by atoms with Crippen molar-refractivity contribution >= 4 is 33.6 Å². The summed E-state index contributed by atoms with van der Waals surface area (Å²) in [6.07, 6.45) is 3.26. The highest BCUT2D eigenvalue weighted by molar-refractivity contribution is 7.90. The summed E-state index contributed by atoms with van der Waals surface area (Å²) in [7, 11) is -2.90. The van der Waals surface area contributed by atoms with Gasteiger partial charge in [0.15, 0.2) is 5.65 Å². The van der Waals surface area contributed by atoms with Gasteiger partial charge < -0.3 is 14.0 Å². The van der Waals surface area contributed by atoms with Crippen molar-refractivity contribution < 1.29 is 22.5 Å². The zero-order valence-corrected chi connectivity index (χ0v) is 22.1. The molecule has 186 valence electrons. The Bertz CT molecular complexity index is 1530. The third-order valence-corrected chi connectivity index (χ3v) is 8.80. The minimum atomic E-state index is -3.88. The summed E-state index contributed by atoms with van der Waals surface area (Å²) in [6, 6.07) is 16.2. The topological polar surface area (TPSA) is 79.7 Å². The van der Waals surface area contributed by atoms with Gasteiger partial charge in [0.2, 0.25) is 0 Å². The zero-order valence-electron chi connectivity index (χ0n) is 21.3. The highest BCUT2D eigenvalue weighted by atomic mass is 32.2. The Hall–Kier alpha value is -3.14. The second-order valence-electron chi connectivity index (χ2n) is 10.1. The molecule has 0 unspecified atom stereocenters. The Morgan fingerprint density at radius 3 is 2.14 bits per heavy atom. The van der Waals surface area contributed by atoms with Gasteiger partial charge in [0.25, 0.3) is 10.0 Å². The van der Waals surface area contributed by atoms with Crippen LogP contribution in [0.2, 0.25) is 0 Å². The molecule has 2 aromatic carbocycles. The van der Waals surface area contributed by atoms with Crippen molar-refractivity contribution in [2.45, 2.75) is 50.7 Å². The van der Waals surface area contributed by atoms with Crippen molar-refractivity contribution in [2.24, 2.45) is 0 Å². The number of fused-ring (bicyclic) bond motifs is 1. The fraction of sp³-hybridized carbons (Fsp3) is 0.296. The second-order valence-corrected chi connectivity index (χ2v) is 11.9. The number of nitrogens with zero attached hydrogens (tertiary/aromatic N) is 2. The first kappa shape index (κ1) is 24.6. The molecule has 7 nitrogen and oxygen atoms in total. The number of aryl methyl sites for hydroxylation is 1. The molecule has 1 aliphatic rings. The summed E-state index contributed by atoms with van der Waals surface area (Å²) in [5.74, 6) is 0.714. The Morgan fingerprint density at radius 1 is 0.944 bits per heavy atom. The normalized spacial score (nSPS) is 17.0. The van der Waals surface area contributed by atoms with E-state index in [1.165, 1.54) is 3.97 Å². The molecular weight excluding hydrogens is 475 g/mol. The van der Waals surface area contributed by atoms with E-state index in [4.69, 9.17) is 14.0 Å². The number of ether oxygens (including phenoxy) is 1. The monoisotopic (exact) mass is 504 g/mol. The average Bonchev–Trinajstić information content (AvgIpc) is 3.33. The number of methoxy groups -OCH3 is 1. The number of aromatic nitrogens is 2. The minimum absolute atomic E-state index is 0.197. The number of hydrogen-bond donors (Lipinski definition) is 0. The Balaban J connectivity index is 1.69. The highest BCUT2D eigenvalue weighted by Gasteiger charge is 2.52. The van der Waals surface area contributed by atoms with Crippen LogP contribution < -0.4 is 10.2 Å². The lowest BCUT2D eigenvalue weighted by Crippen LogP contribution is -2.41. The Morgan fingerprint density at radius 2 is 1.56 bits per heavy atom. The third-order valence-electron chi connectivity index (χ3n) is 7.14. The average molecular weight is 504 g/mol. The van der Waals surface area contributed by atoms with Crippen LogP contribution in [0.1, 0.15) is 33.3 Å². The van der Waals surface area contributed by atoms with E-state index >= 15 is 0 Å². The number of pyridine rings is 1. The van der Waals surface area contributed by atoms with Gasteiger partial charge in [-0.3, -0.25) is 0 Å². The maximum Gasteiger partial charge on any atom is 0.496 e. The molecule has 36 heavy (non-hydrogen) atoms. The van der Waals surface area contributed by atoms with Crippen LogP contribution in [0.5, 0.6) is 5.75 Å². The SMILES string of the molecule is COc1ccc(-c2cn(S(=O)(=O)c3ccc(C)cc3)c3ncc(B4OC(C)(C)C(C)(C)O4)cc23)cc1.